The predicted molar refractivity (Wildman–Crippen MR) is 108 cm³/mol. The summed E-state index contributed by atoms with van der Waals surface area (Å²) in [5, 5.41) is 5.62. The number of benzene rings is 3. The lowest BCUT2D eigenvalue weighted by molar-refractivity contribution is 0.0950. The molecule has 0 spiro atoms. The van der Waals surface area contributed by atoms with E-state index in [0.717, 1.165) is 16.7 Å². The highest BCUT2D eigenvalue weighted by Gasteiger charge is 2.09. The lowest BCUT2D eigenvalue weighted by Gasteiger charge is -2.10. The normalized spacial score (nSPS) is 10.4. The lowest BCUT2D eigenvalue weighted by atomic mass is 10.1. The molecule has 0 unspecified atom stereocenters. The second-order valence-corrected chi connectivity index (χ2v) is 6.65. The molecule has 2 amide bonds. The van der Waals surface area contributed by atoms with Gasteiger partial charge in [-0.2, -0.15) is 0 Å². The topological polar surface area (TPSA) is 58.2 Å². The first-order chi connectivity index (χ1) is 13.4. The second-order valence-electron chi connectivity index (χ2n) is 6.65. The first-order valence-electron chi connectivity index (χ1n) is 8.94. The molecule has 0 saturated carbocycles. The minimum Gasteiger partial charge on any atom is -0.348 e. The average Bonchev–Trinajstić information content (AvgIpc) is 2.68. The van der Waals surface area contributed by atoms with Crippen LogP contribution in [-0.2, 0) is 6.54 Å². The number of carbonyl (C=O) groups is 2. The fourth-order valence-corrected chi connectivity index (χ4v) is 2.76. The van der Waals surface area contributed by atoms with Gasteiger partial charge >= 0.3 is 0 Å². The zero-order valence-corrected chi connectivity index (χ0v) is 15.8. The minimum absolute atomic E-state index is 0.155. The molecule has 0 aliphatic heterocycles. The van der Waals surface area contributed by atoms with E-state index < -0.39 is 11.7 Å². The minimum atomic E-state index is -0.463. The van der Waals surface area contributed by atoms with E-state index in [1.807, 2.05) is 32.0 Å². The molecule has 0 aromatic heterocycles. The fourth-order valence-electron chi connectivity index (χ4n) is 2.76. The largest absolute Gasteiger partial charge is 0.348 e. The quantitative estimate of drug-likeness (QED) is 0.682. The van der Waals surface area contributed by atoms with Crippen LogP contribution in [0.3, 0.4) is 0 Å². The van der Waals surface area contributed by atoms with Gasteiger partial charge in [0.2, 0.25) is 0 Å². The van der Waals surface area contributed by atoms with E-state index in [2.05, 4.69) is 10.6 Å². The monoisotopic (exact) mass is 376 g/mol. The van der Waals surface area contributed by atoms with Gasteiger partial charge in [0.25, 0.3) is 11.8 Å². The molecule has 0 fully saturated rings. The van der Waals surface area contributed by atoms with Crippen LogP contribution in [0.1, 0.15) is 37.4 Å². The van der Waals surface area contributed by atoms with Crippen molar-refractivity contribution in [1.82, 2.24) is 5.32 Å². The smallest absolute Gasteiger partial charge is 0.255 e. The van der Waals surface area contributed by atoms with Gasteiger partial charge in [-0.05, 0) is 73.0 Å². The zero-order valence-electron chi connectivity index (χ0n) is 15.8. The third-order valence-electron chi connectivity index (χ3n) is 4.49. The summed E-state index contributed by atoms with van der Waals surface area (Å²) >= 11 is 0. The van der Waals surface area contributed by atoms with Crippen molar-refractivity contribution in [2.45, 2.75) is 20.4 Å². The molecule has 3 aromatic rings. The summed E-state index contributed by atoms with van der Waals surface area (Å²) in [4.78, 5) is 24.6. The molecular weight excluding hydrogens is 355 g/mol. The van der Waals surface area contributed by atoms with Crippen LogP contribution in [0, 0.1) is 19.7 Å². The van der Waals surface area contributed by atoms with Crippen molar-refractivity contribution in [2.24, 2.45) is 0 Å². The molecule has 142 valence electrons. The number of halogens is 1. The Morgan fingerprint density at radius 2 is 1.57 bits per heavy atom. The van der Waals surface area contributed by atoms with Crippen molar-refractivity contribution in [3.63, 3.8) is 0 Å². The molecule has 0 aliphatic carbocycles. The maximum atomic E-state index is 13.3. The molecule has 0 atom stereocenters. The Morgan fingerprint density at radius 1 is 0.821 bits per heavy atom. The predicted octanol–water partition coefficient (Wildman–Crippen LogP) is 4.62. The van der Waals surface area contributed by atoms with E-state index in [1.165, 1.54) is 18.2 Å². The molecule has 0 saturated heterocycles. The summed E-state index contributed by atoms with van der Waals surface area (Å²) < 4.78 is 13.3. The molecular formula is C23H21FN2O2. The van der Waals surface area contributed by atoms with Gasteiger partial charge in [-0.15, -0.1) is 0 Å². The van der Waals surface area contributed by atoms with E-state index in [-0.39, 0.29) is 11.5 Å². The van der Waals surface area contributed by atoms with E-state index in [0.29, 0.717) is 17.8 Å². The second kappa shape index (κ2) is 8.48. The van der Waals surface area contributed by atoms with Crippen LogP contribution >= 0.6 is 0 Å². The summed E-state index contributed by atoms with van der Waals surface area (Å²) in [6.45, 7) is 4.30. The molecule has 0 aliphatic rings. The molecule has 5 heteroatoms. The number of carbonyl (C=O) groups excluding carboxylic acids is 2. The standard InChI is InChI=1S/C23H21FN2O2/c1-15-9-10-19(11-16(15)2)22(27)25-14-17-5-3-8-21(12-17)26-23(28)18-6-4-7-20(24)13-18/h3-13H,14H2,1-2H3,(H,25,27)(H,26,28). The Hall–Kier alpha value is -3.47. The highest BCUT2D eigenvalue weighted by Crippen LogP contribution is 2.14. The van der Waals surface area contributed by atoms with Gasteiger partial charge in [0.1, 0.15) is 5.82 Å². The SMILES string of the molecule is Cc1ccc(C(=O)NCc2cccc(NC(=O)c3cccc(F)c3)c2)cc1C. The van der Waals surface area contributed by atoms with Gasteiger partial charge in [-0.25, -0.2) is 4.39 Å². The number of hydrogen-bond donors (Lipinski definition) is 2. The van der Waals surface area contributed by atoms with Crippen LogP contribution in [0.25, 0.3) is 0 Å². The van der Waals surface area contributed by atoms with E-state index in [1.54, 1.807) is 30.3 Å². The van der Waals surface area contributed by atoms with Crippen LogP contribution < -0.4 is 10.6 Å². The Balaban J connectivity index is 1.63. The van der Waals surface area contributed by atoms with Crippen LogP contribution in [0.5, 0.6) is 0 Å². The Morgan fingerprint density at radius 3 is 2.32 bits per heavy atom. The number of aryl methyl sites for hydroxylation is 2. The maximum absolute atomic E-state index is 13.3. The van der Waals surface area contributed by atoms with Gasteiger partial charge in [-0.3, -0.25) is 9.59 Å². The first kappa shape index (κ1) is 19.3. The van der Waals surface area contributed by atoms with Crippen molar-refractivity contribution in [3.8, 4) is 0 Å². The van der Waals surface area contributed by atoms with E-state index >= 15 is 0 Å². The Bertz CT molecular complexity index is 1030. The summed E-state index contributed by atoms with van der Waals surface area (Å²) in [6, 6.07) is 18.3. The molecule has 3 rings (SSSR count). The van der Waals surface area contributed by atoms with Crippen molar-refractivity contribution in [1.29, 1.82) is 0 Å². The van der Waals surface area contributed by atoms with Gasteiger partial charge in [-0.1, -0.05) is 24.3 Å². The molecule has 0 radical (unpaired) electrons. The van der Waals surface area contributed by atoms with Crippen molar-refractivity contribution < 1.29 is 14.0 Å². The van der Waals surface area contributed by atoms with Crippen LogP contribution in [0.15, 0.2) is 66.7 Å². The molecule has 2 N–H and O–H groups in total. The number of amides is 2. The molecule has 0 heterocycles. The summed E-state index contributed by atoms with van der Waals surface area (Å²) in [5.41, 5.74) is 4.47. The van der Waals surface area contributed by atoms with Gasteiger partial charge in [0.15, 0.2) is 0 Å². The fraction of sp³-hybridized carbons (Fsp3) is 0.130. The zero-order chi connectivity index (χ0) is 20.1. The van der Waals surface area contributed by atoms with Crippen LogP contribution in [0.4, 0.5) is 10.1 Å². The molecule has 4 nitrogen and oxygen atoms in total. The highest BCUT2D eigenvalue weighted by molar-refractivity contribution is 6.04. The van der Waals surface area contributed by atoms with Gasteiger partial charge in [0.05, 0.1) is 0 Å². The Labute approximate surface area is 163 Å². The number of anilines is 1. The Kier molecular flexibility index (Phi) is 5.84. The number of nitrogens with one attached hydrogen (secondary N) is 2. The van der Waals surface area contributed by atoms with Crippen molar-refractivity contribution >= 4 is 17.5 Å². The number of hydrogen-bond acceptors (Lipinski definition) is 2. The first-order valence-corrected chi connectivity index (χ1v) is 8.94. The third-order valence-corrected chi connectivity index (χ3v) is 4.49. The third kappa shape index (κ3) is 4.82. The number of rotatable bonds is 5. The maximum Gasteiger partial charge on any atom is 0.255 e. The van der Waals surface area contributed by atoms with Gasteiger partial charge in [0, 0.05) is 23.4 Å². The van der Waals surface area contributed by atoms with Crippen molar-refractivity contribution in [3.05, 3.63) is 100 Å². The summed E-state index contributed by atoms with van der Waals surface area (Å²) in [5.74, 6) is -1.01. The van der Waals surface area contributed by atoms with Crippen molar-refractivity contribution in [2.75, 3.05) is 5.32 Å². The molecule has 28 heavy (non-hydrogen) atoms. The van der Waals surface area contributed by atoms with E-state index in [4.69, 9.17) is 0 Å². The van der Waals surface area contributed by atoms with E-state index in [9.17, 15) is 14.0 Å². The summed E-state index contributed by atoms with van der Waals surface area (Å²) in [6.07, 6.45) is 0. The highest BCUT2D eigenvalue weighted by atomic mass is 19.1. The average molecular weight is 376 g/mol. The lowest BCUT2D eigenvalue weighted by Crippen LogP contribution is -2.23. The molecule has 3 aromatic carbocycles. The van der Waals surface area contributed by atoms with Crippen LogP contribution in [0.2, 0.25) is 0 Å². The van der Waals surface area contributed by atoms with Crippen LogP contribution in [-0.4, -0.2) is 11.8 Å². The van der Waals surface area contributed by atoms with Gasteiger partial charge < -0.3 is 10.6 Å². The summed E-state index contributed by atoms with van der Waals surface area (Å²) in [7, 11) is 0. The molecule has 0 bridgehead atoms.